The van der Waals surface area contributed by atoms with Crippen LogP contribution in [0.25, 0.3) is 0 Å². The van der Waals surface area contributed by atoms with E-state index in [1.54, 1.807) is 5.57 Å². The zero-order valence-corrected chi connectivity index (χ0v) is 11.9. The van der Waals surface area contributed by atoms with Crippen LogP contribution in [0.1, 0.15) is 19.3 Å². The van der Waals surface area contributed by atoms with Crippen LogP contribution in [0.15, 0.2) is 36.0 Å². The average Bonchev–Trinajstić information content (AvgIpc) is 3.14. The topological polar surface area (TPSA) is 27.7 Å². The van der Waals surface area contributed by atoms with Crippen LogP contribution >= 0.6 is 0 Å². The van der Waals surface area contributed by atoms with Crippen molar-refractivity contribution >= 4 is 0 Å². The third kappa shape index (κ3) is 1.40. The second-order valence-electron chi connectivity index (χ2n) is 7.37. The van der Waals surface area contributed by atoms with Gasteiger partial charge in [0, 0.05) is 11.8 Å². The van der Waals surface area contributed by atoms with E-state index >= 15 is 0 Å². The summed E-state index contributed by atoms with van der Waals surface area (Å²) < 4.78 is 18.1. The van der Waals surface area contributed by atoms with E-state index in [2.05, 4.69) is 30.4 Å². The van der Waals surface area contributed by atoms with Gasteiger partial charge in [-0.3, -0.25) is 0 Å². The summed E-state index contributed by atoms with van der Waals surface area (Å²) in [5.74, 6) is 1.93. The molecular formula is C18H20O3. The lowest BCUT2D eigenvalue weighted by atomic mass is 9.72. The van der Waals surface area contributed by atoms with Gasteiger partial charge in [0.1, 0.15) is 0 Å². The van der Waals surface area contributed by atoms with Crippen LogP contribution in [0, 0.1) is 17.8 Å². The van der Waals surface area contributed by atoms with Gasteiger partial charge in [0.05, 0.1) is 36.6 Å². The summed E-state index contributed by atoms with van der Waals surface area (Å²) in [7, 11) is 0. The monoisotopic (exact) mass is 284 g/mol. The van der Waals surface area contributed by atoms with Crippen molar-refractivity contribution in [3.63, 3.8) is 0 Å². The zero-order valence-electron chi connectivity index (χ0n) is 11.9. The van der Waals surface area contributed by atoms with Crippen molar-refractivity contribution in [2.45, 2.75) is 55.9 Å². The highest BCUT2D eigenvalue weighted by Crippen LogP contribution is 2.56. The highest BCUT2D eigenvalue weighted by Gasteiger charge is 2.60. The Hall–Kier alpha value is -0.900. The maximum Gasteiger partial charge on any atom is 0.0858 e. The van der Waals surface area contributed by atoms with E-state index in [9.17, 15) is 0 Å². The van der Waals surface area contributed by atoms with Crippen LogP contribution in [0.5, 0.6) is 0 Å². The molecule has 3 fully saturated rings. The molecule has 21 heavy (non-hydrogen) atoms. The molecule has 8 unspecified atom stereocenters. The lowest BCUT2D eigenvalue weighted by Gasteiger charge is -2.48. The first kappa shape index (κ1) is 11.6. The second kappa shape index (κ2) is 3.89. The largest absolute Gasteiger partial charge is 0.373 e. The van der Waals surface area contributed by atoms with Crippen molar-refractivity contribution in [1.29, 1.82) is 0 Å². The lowest BCUT2D eigenvalue weighted by Crippen LogP contribution is -2.54. The fourth-order valence-corrected chi connectivity index (χ4v) is 5.46. The van der Waals surface area contributed by atoms with E-state index in [1.807, 2.05) is 0 Å². The van der Waals surface area contributed by atoms with Crippen LogP contribution in [0.2, 0.25) is 0 Å². The minimum atomic E-state index is 0.349. The van der Waals surface area contributed by atoms with Crippen molar-refractivity contribution in [2.24, 2.45) is 17.8 Å². The maximum atomic E-state index is 6.11. The Labute approximate surface area is 124 Å². The molecule has 0 saturated carbocycles. The van der Waals surface area contributed by atoms with Gasteiger partial charge in [-0.05, 0) is 30.8 Å². The van der Waals surface area contributed by atoms with Crippen LogP contribution < -0.4 is 0 Å². The standard InChI is InChI=1S/C18H20O3/c1-2-4-14-16(13(3-1)20-14)11-8-15-17(18(11)21-15)10-7-9-5-6-12(10)19-9/h1-2,5-6,8-10,12-18H,3-4,7H2. The van der Waals surface area contributed by atoms with Gasteiger partial charge in [-0.15, -0.1) is 0 Å². The quantitative estimate of drug-likeness (QED) is 0.729. The van der Waals surface area contributed by atoms with Crippen LogP contribution in [0.4, 0.5) is 0 Å². The first-order valence-corrected chi connectivity index (χ1v) is 8.40. The Balaban J connectivity index is 1.24. The molecule has 8 rings (SSSR count). The van der Waals surface area contributed by atoms with E-state index in [-0.39, 0.29) is 0 Å². The van der Waals surface area contributed by atoms with E-state index in [0.29, 0.717) is 54.4 Å². The van der Waals surface area contributed by atoms with E-state index < -0.39 is 0 Å². The maximum absolute atomic E-state index is 6.11. The van der Waals surface area contributed by atoms with Gasteiger partial charge in [-0.2, -0.15) is 0 Å². The van der Waals surface area contributed by atoms with Gasteiger partial charge >= 0.3 is 0 Å². The molecule has 0 aromatic heterocycles. The van der Waals surface area contributed by atoms with Crippen molar-refractivity contribution in [3.05, 3.63) is 36.0 Å². The molecule has 0 radical (unpaired) electrons. The van der Waals surface area contributed by atoms with Crippen molar-refractivity contribution < 1.29 is 14.2 Å². The van der Waals surface area contributed by atoms with Gasteiger partial charge in [-0.25, -0.2) is 0 Å². The first-order valence-electron chi connectivity index (χ1n) is 8.40. The Morgan fingerprint density at radius 2 is 1.76 bits per heavy atom. The zero-order chi connectivity index (χ0) is 13.6. The summed E-state index contributed by atoms with van der Waals surface area (Å²) in [5, 5.41) is 0. The third-order valence-electron chi connectivity index (χ3n) is 6.43. The predicted octanol–water partition coefficient (Wildman–Crippen LogP) is 2.39. The molecule has 6 bridgehead atoms. The fraction of sp³-hybridized carbons (Fsp3) is 0.667. The summed E-state index contributed by atoms with van der Waals surface area (Å²) >= 11 is 0. The molecule has 0 N–H and O–H groups in total. The molecule has 3 nitrogen and oxygen atoms in total. The molecule has 3 saturated heterocycles. The highest BCUT2D eigenvalue weighted by atomic mass is 16.5. The minimum absolute atomic E-state index is 0.349. The molecule has 0 aromatic carbocycles. The molecule has 8 aliphatic rings. The van der Waals surface area contributed by atoms with E-state index in [4.69, 9.17) is 14.2 Å². The van der Waals surface area contributed by atoms with Gasteiger partial charge in [-0.1, -0.05) is 30.4 Å². The SMILES string of the molecule is C1=CCC2OC(C1)C2C1=CC2OC1C2C1CC2C=CC1O2. The molecule has 110 valence electrons. The smallest absolute Gasteiger partial charge is 0.0858 e. The highest BCUT2D eigenvalue weighted by molar-refractivity contribution is 5.36. The molecule has 2 aliphatic carbocycles. The van der Waals surface area contributed by atoms with Crippen LogP contribution in [-0.2, 0) is 14.2 Å². The Kier molecular flexibility index (Phi) is 2.16. The summed E-state index contributed by atoms with van der Waals surface area (Å²) in [6.07, 6.45) is 17.1. The van der Waals surface area contributed by atoms with Crippen molar-refractivity contribution in [1.82, 2.24) is 0 Å². The predicted molar refractivity (Wildman–Crippen MR) is 76.7 cm³/mol. The van der Waals surface area contributed by atoms with E-state index in [0.717, 1.165) is 12.8 Å². The van der Waals surface area contributed by atoms with Crippen molar-refractivity contribution in [3.8, 4) is 0 Å². The number of rotatable bonds is 2. The third-order valence-corrected chi connectivity index (χ3v) is 6.43. The molecule has 8 atom stereocenters. The Morgan fingerprint density at radius 1 is 0.905 bits per heavy atom. The summed E-state index contributed by atoms with van der Waals surface area (Å²) in [5.41, 5.74) is 1.56. The molecular weight excluding hydrogens is 264 g/mol. The first-order chi connectivity index (χ1) is 10.4. The van der Waals surface area contributed by atoms with Gasteiger partial charge in [0.25, 0.3) is 0 Å². The molecule has 0 aromatic rings. The molecule has 3 heteroatoms. The van der Waals surface area contributed by atoms with Crippen LogP contribution in [0.3, 0.4) is 0 Å². The summed E-state index contributed by atoms with van der Waals surface area (Å²) in [4.78, 5) is 0. The van der Waals surface area contributed by atoms with Crippen LogP contribution in [-0.4, -0.2) is 36.6 Å². The second-order valence-corrected chi connectivity index (χ2v) is 7.37. The molecule has 0 spiro atoms. The number of ether oxygens (including phenoxy) is 3. The normalized spacial score (nSPS) is 58.7. The molecule has 0 amide bonds. The number of fused-ring (bicyclic) bond motifs is 5. The Morgan fingerprint density at radius 3 is 2.48 bits per heavy atom. The average molecular weight is 284 g/mol. The Bertz CT molecular complexity index is 563. The number of hydrogen-bond acceptors (Lipinski definition) is 3. The minimum Gasteiger partial charge on any atom is -0.373 e. The lowest BCUT2D eigenvalue weighted by molar-refractivity contribution is -0.186. The fourth-order valence-electron chi connectivity index (χ4n) is 5.46. The molecule has 6 heterocycles. The van der Waals surface area contributed by atoms with Crippen molar-refractivity contribution in [2.75, 3.05) is 0 Å². The molecule has 6 aliphatic heterocycles. The summed E-state index contributed by atoms with van der Waals surface area (Å²) in [6, 6.07) is 0. The van der Waals surface area contributed by atoms with Gasteiger partial charge in [0.2, 0.25) is 0 Å². The number of hydrogen-bond donors (Lipinski definition) is 0. The van der Waals surface area contributed by atoms with E-state index in [1.165, 1.54) is 6.42 Å². The summed E-state index contributed by atoms with van der Waals surface area (Å²) in [6.45, 7) is 0. The van der Waals surface area contributed by atoms with Gasteiger partial charge < -0.3 is 14.2 Å². The van der Waals surface area contributed by atoms with Gasteiger partial charge in [0.15, 0.2) is 0 Å².